The Morgan fingerprint density at radius 3 is 2.39 bits per heavy atom. The van der Waals surface area contributed by atoms with Crippen molar-refractivity contribution in [2.24, 2.45) is 0 Å². The van der Waals surface area contributed by atoms with Crippen molar-refractivity contribution in [3.63, 3.8) is 0 Å². The molecule has 0 saturated carbocycles. The molecular weight excluding hydrogens is 286 g/mol. The van der Waals surface area contributed by atoms with E-state index in [1.807, 2.05) is 60.7 Å². The first-order valence-corrected chi connectivity index (χ1v) is 7.98. The number of rotatable bonds is 5. The molecular formula is C20H21NO2. The molecule has 1 fully saturated rings. The van der Waals surface area contributed by atoms with Gasteiger partial charge in [0.1, 0.15) is 0 Å². The van der Waals surface area contributed by atoms with Crippen LogP contribution in [0.1, 0.15) is 21.5 Å². The number of ether oxygens (including phenoxy) is 1. The van der Waals surface area contributed by atoms with Gasteiger partial charge >= 0.3 is 0 Å². The Morgan fingerprint density at radius 2 is 1.70 bits per heavy atom. The SMILES string of the molecule is O=C(C=Cc1ccccc1)c1ccc(CN2CCOCC2)cc1. The summed E-state index contributed by atoms with van der Waals surface area (Å²) in [7, 11) is 0. The van der Waals surface area contributed by atoms with E-state index in [-0.39, 0.29) is 5.78 Å². The highest BCUT2D eigenvalue weighted by Crippen LogP contribution is 2.11. The molecule has 1 aliphatic rings. The third kappa shape index (κ3) is 4.62. The molecule has 0 unspecified atom stereocenters. The summed E-state index contributed by atoms with van der Waals surface area (Å²) in [6, 6.07) is 17.8. The van der Waals surface area contributed by atoms with Crippen molar-refractivity contribution in [3.05, 3.63) is 77.4 Å². The molecule has 1 heterocycles. The van der Waals surface area contributed by atoms with Gasteiger partial charge in [-0.3, -0.25) is 9.69 Å². The molecule has 0 N–H and O–H groups in total. The Hall–Kier alpha value is -2.23. The summed E-state index contributed by atoms with van der Waals surface area (Å²) in [5.41, 5.74) is 2.99. The minimum atomic E-state index is 0.0341. The van der Waals surface area contributed by atoms with Crippen LogP contribution in [0.3, 0.4) is 0 Å². The van der Waals surface area contributed by atoms with Crippen LogP contribution in [-0.2, 0) is 11.3 Å². The minimum absolute atomic E-state index is 0.0341. The Bertz CT molecular complexity index is 656. The summed E-state index contributed by atoms with van der Waals surface area (Å²) >= 11 is 0. The predicted molar refractivity (Wildman–Crippen MR) is 92.3 cm³/mol. The number of allylic oxidation sites excluding steroid dienone is 1. The molecule has 3 rings (SSSR count). The third-order valence-electron chi connectivity index (χ3n) is 3.98. The molecule has 0 aliphatic carbocycles. The summed E-state index contributed by atoms with van der Waals surface area (Å²) in [5, 5.41) is 0. The zero-order valence-corrected chi connectivity index (χ0v) is 13.2. The monoisotopic (exact) mass is 307 g/mol. The van der Waals surface area contributed by atoms with Crippen molar-refractivity contribution >= 4 is 11.9 Å². The highest BCUT2D eigenvalue weighted by atomic mass is 16.5. The fourth-order valence-electron chi connectivity index (χ4n) is 2.62. The number of hydrogen-bond donors (Lipinski definition) is 0. The third-order valence-corrected chi connectivity index (χ3v) is 3.98. The fourth-order valence-corrected chi connectivity index (χ4v) is 2.62. The summed E-state index contributed by atoms with van der Waals surface area (Å²) < 4.78 is 5.36. The summed E-state index contributed by atoms with van der Waals surface area (Å²) in [6.07, 6.45) is 3.48. The number of morpholine rings is 1. The molecule has 0 atom stereocenters. The highest BCUT2D eigenvalue weighted by Gasteiger charge is 2.10. The summed E-state index contributed by atoms with van der Waals surface area (Å²) in [6.45, 7) is 4.47. The topological polar surface area (TPSA) is 29.5 Å². The average Bonchev–Trinajstić information content (AvgIpc) is 2.62. The average molecular weight is 307 g/mol. The molecule has 23 heavy (non-hydrogen) atoms. The lowest BCUT2D eigenvalue weighted by Gasteiger charge is -2.26. The molecule has 1 saturated heterocycles. The van der Waals surface area contributed by atoms with E-state index in [1.54, 1.807) is 6.08 Å². The number of hydrogen-bond acceptors (Lipinski definition) is 3. The van der Waals surface area contributed by atoms with Crippen molar-refractivity contribution in [2.75, 3.05) is 26.3 Å². The van der Waals surface area contributed by atoms with Gasteiger partial charge in [-0.2, -0.15) is 0 Å². The van der Waals surface area contributed by atoms with E-state index in [0.717, 1.165) is 44.0 Å². The Kier molecular flexibility index (Phi) is 5.35. The Labute approximate surface area is 137 Å². The first-order valence-electron chi connectivity index (χ1n) is 7.98. The van der Waals surface area contributed by atoms with Crippen LogP contribution in [0.4, 0.5) is 0 Å². The van der Waals surface area contributed by atoms with Gasteiger partial charge in [-0.05, 0) is 17.2 Å². The number of nitrogens with zero attached hydrogens (tertiary/aromatic N) is 1. The van der Waals surface area contributed by atoms with Gasteiger partial charge in [-0.1, -0.05) is 60.7 Å². The zero-order chi connectivity index (χ0) is 15.9. The van der Waals surface area contributed by atoms with Crippen LogP contribution in [-0.4, -0.2) is 37.0 Å². The number of carbonyl (C=O) groups is 1. The fraction of sp³-hybridized carbons (Fsp3) is 0.250. The first-order chi connectivity index (χ1) is 11.3. The van der Waals surface area contributed by atoms with Gasteiger partial charge in [-0.25, -0.2) is 0 Å². The predicted octanol–water partition coefficient (Wildman–Crippen LogP) is 3.41. The van der Waals surface area contributed by atoms with E-state index < -0.39 is 0 Å². The lowest BCUT2D eigenvalue weighted by molar-refractivity contribution is 0.0342. The zero-order valence-electron chi connectivity index (χ0n) is 13.2. The van der Waals surface area contributed by atoms with Gasteiger partial charge in [0.25, 0.3) is 0 Å². The molecule has 0 spiro atoms. The minimum Gasteiger partial charge on any atom is -0.379 e. The molecule has 0 amide bonds. The van der Waals surface area contributed by atoms with Gasteiger partial charge < -0.3 is 4.74 Å². The molecule has 1 aliphatic heterocycles. The summed E-state index contributed by atoms with van der Waals surface area (Å²) in [5.74, 6) is 0.0341. The first kappa shape index (κ1) is 15.7. The maximum atomic E-state index is 12.2. The smallest absolute Gasteiger partial charge is 0.185 e. The van der Waals surface area contributed by atoms with Gasteiger partial charge in [-0.15, -0.1) is 0 Å². The second kappa shape index (κ2) is 7.86. The summed E-state index contributed by atoms with van der Waals surface area (Å²) in [4.78, 5) is 14.6. The van der Waals surface area contributed by atoms with Crippen molar-refractivity contribution in [2.45, 2.75) is 6.54 Å². The van der Waals surface area contributed by atoms with Gasteiger partial charge in [0.2, 0.25) is 0 Å². The van der Waals surface area contributed by atoms with Gasteiger partial charge in [0, 0.05) is 25.2 Å². The maximum Gasteiger partial charge on any atom is 0.185 e. The Morgan fingerprint density at radius 1 is 1.00 bits per heavy atom. The maximum absolute atomic E-state index is 12.2. The van der Waals surface area contributed by atoms with Gasteiger partial charge in [0.05, 0.1) is 13.2 Å². The molecule has 0 radical (unpaired) electrons. The van der Waals surface area contributed by atoms with Crippen LogP contribution in [0, 0.1) is 0 Å². The second-order valence-electron chi connectivity index (χ2n) is 5.69. The molecule has 2 aromatic rings. The van der Waals surface area contributed by atoms with E-state index in [4.69, 9.17) is 4.74 Å². The van der Waals surface area contributed by atoms with E-state index in [0.29, 0.717) is 0 Å². The number of benzene rings is 2. The van der Waals surface area contributed by atoms with Crippen LogP contribution >= 0.6 is 0 Å². The lowest BCUT2D eigenvalue weighted by Crippen LogP contribution is -2.35. The van der Waals surface area contributed by atoms with E-state index in [2.05, 4.69) is 4.90 Å². The quantitative estimate of drug-likeness (QED) is 0.626. The lowest BCUT2D eigenvalue weighted by atomic mass is 10.1. The number of carbonyl (C=O) groups excluding carboxylic acids is 1. The van der Waals surface area contributed by atoms with Crippen LogP contribution in [0.2, 0.25) is 0 Å². The van der Waals surface area contributed by atoms with E-state index in [1.165, 1.54) is 5.56 Å². The second-order valence-corrected chi connectivity index (χ2v) is 5.69. The van der Waals surface area contributed by atoms with Crippen LogP contribution < -0.4 is 0 Å². The van der Waals surface area contributed by atoms with E-state index >= 15 is 0 Å². The standard InChI is InChI=1S/C20H21NO2/c22-20(11-8-17-4-2-1-3-5-17)19-9-6-18(7-10-19)16-21-12-14-23-15-13-21/h1-11H,12-16H2. The van der Waals surface area contributed by atoms with Crippen LogP contribution in [0.25, 0.3) is 6.08 Å². The van der Waals surface area contributed by atoms with E-state index in [9.17, 15) is 4.79 Å². The number of ketones is 1. The highest BCUT2D eigenvalue weighted by molar-refractivity contribution is 6.06. The normalized spacial score (nSPS) is 15.8. The van der Waals surface area contributed by atoms with Crippen molar-refractivity contribution in [1.82, 2.24) is 4.90 Å². The van der Waals surface area contributed by atoms with Crippen LogP contribution in [0.15, 0.2) is 60.7 Å². The van der Waals surface area contributed by atoms with Gasteiger partial charge in [0.15, 0.2) is 5.78 Å². The van der Waals surface area contributed by atoms with Crippen molar-refractivity contribution in [1.29, 1.82) is 0 Å². The molecule has 3 nitrogen and oxygen atoms in total. The van der Waals surface area contributed by atoms with Crippen molar-refractivity contribution in [3.8, 4) is 0 Å². The molecule has 0 bridgehead atoms. The molecule has 2 aromatic carbocycles. The van der Waals surface area contributed by atoms with Crippen molar-refractivity contribution < 1.29 is 9.53 Å². The molecule has 0 aromatic heterocycles. The molecule has 118 valence electrons. The largest absolute Gasteiger partial charge is 0.379 e. The van der Waals surface area contributed by atoms with Crippen LogP contribution in [0.5, 0.6) is 0 Å². The Balaban J connectivity index is 1.60. The molecule has 3 heteroatoms.